The molecular weight excluding hydrogens is 709 g/mol. The molecule has 0 heterocycles. The van der Waals surface area contributed by atoms with Crippen molar-refractivity contribution < 1.29 is 28.6 Å². The van der Waals surface area contributed by atoms with Crippen molar-refractivity contribution in [3.63, 3.8) is 0 Å². The van der Waals surface area contributed by atoms with Gasteiger partial charge in [0.05, 0.1) is 0 Å². The molecule has 6 heteroatoms. The van der Waals surface area contributed by atoms with Gasteiger partial charge >= 0.3 is 17.9 Å². The van der Waals surface area contributed by atoms with Crippen LogP contribution in [0.1, 0.15) is 278 Å². The smallest absolute Gasteiger partial charge is 0.306 e. The first-order valence-electron chi connectivity index (χ1n) is 25.2. The van der Waals surface area contributed by atoms with Crippen LogP contribution in [-0.2, 0) is 28.6 Å². The second kappa shape index (κ2) is 46.8. The summed E-state index contributed by atoms with van der Waals surface area (Å²) in [6, 6.07) is 0. The van der Waals surface area contributed by atoms with Gasteiger partial charge in [-0.2, -0.15) is 0 Å². The van der Waals surface area contributed by atoms with Crippen molar-refractivity contribution in [1.82, 2.24) is 0 Å². The lowest BCUT2D eigenvalue weighted by Gasteiger charge is -2.18. The van der Waals surface area contributed by atoms with Crippen molar-refractivity contribution in [2.45, 2.75) is 284 Å². The molecular formula is C51H96O6. The monoisotopic (exact) mass is 805 g/mol. The van der Waals surface area contributed by atoms with E-state index in [2.05, 4.69) is 32.9 Å². The van der Waals surface area contributed by atoms with E-state index < -0.39 is 6.10 Å². The van der Waals surface area contributed by atoms with Crippen molar-refractivity contribution in [3.05, 3.63) is 12.2 Å². The molecule has 57 heavy (non-hydrogen) atoms. The Morgan fingerprint density at radius 1 is 0.333 bits per heavy atom. The molecule has 0 bridgehead atoms. The molecule has 0 aromatic carbocycles. The van der Waals surface area contributed by atoms with Crippen LogP contribution in [0.4, 0.5) is 0 Å². The first-order valence-corrected chi connectivity index (χ1v) is 25.2. The quantitative estimate of drug-likeness (QED) is 0.0264. The number of ether oxygens (including phenoxy) is 3. The Morgan fingerprint density at radius 2 is 0.579 bits per heavy atom. The van der Waals surface area contributed by atoms with Gasteiger partial charge in [0.25, 0.3) is 0 Å². The molecule has 0 saturated carbocycles. The van der Waals surface area contributed by atoms with Gasteiger partial charge in [-0.25, -0.2) is 0 Å². The molecule has 0 fully saturated rings. The predicted molar refractivity (Wildman–Crippen MR) is 243 cm³/mol. The number of unbranched alkanes of at least 4 members (excludes halogenated alkanes) is 33. The van der Waals surface area contributed by atoms with Gasteiger partial charge in [-0.1, -0.05) is 226 Å². The predicted octanol–water partition coefficient (Wildman–Crippen LogP) is 16.2. The summed E-state index contributed by atoms with van der Waals surface area (Å²) < 4.78 is 16.8. The number of rotatable bonds is 46. The van der Waals surface area contributed by atoms with E-state index in [1.54, 1.807) is 0 Å². The highest BCUT2D eigenvalue weighted by molar-refractivity contribution is 5.71. The minimum atomic E-state index is -0.765. The normalized spacial score (nSPS) is 12.0. The Balaban J connectivity index is 4.34. The number of allylic oxidation sites excluding steroid dienone is 2. The van der Waals surface area contributed by atoms with Crippen LogP contribution in [0.3, 0.4) is 0 Å². The Morgan fingerprint density at radius 3 is 0.895 bits per heavy atom. The van der Waals surface area contributed by atoms with E-state index in [0.29, 0.717) is 19.3 Å². The van der Waals surface area contributed by atoms with Crippen LogP contribution < -0.4 is 0 Å². The highest BCUT2D eigenvalue weighted by Gasteiger charge is 2.19. The van der Waals surface area contributed by atoms with E-state index >= 15 is 0 Å². The molecule has 0 aromatic heterocycles. The Bertz CT molecular complexity index is 885. The molecule has 1 atom stereocenters. The van der Waals surface area contributed by atoms with Gasteiger partial charge in [0.15, 0.2) is 6.10 Å². The maximum absolute atomic E-state index is 12.8. The number of esters is 3. The molecule has 0 N–H and O–H groups in total. The number of carbonyl (C=O) groups is 3. The molecule has 0 saturated heterocycles. The molecule has 6 nitrogen and oxygen atoms in total. The number of carbonyl (C=O) groups excluding carboxylic acids is 3. The molecule has 0 aliphatic rings. The van der Waals surface area contributed by atoms with Gasteiger partial charge in [-0.3, -0.25) is 14.4 Å². The molecule has 0 aliphatic carbocycles. The lowest BCUT2D eigenvalue weighted by atomic mass is 10.0. The van der Waals surface area contributed by atoms with Crippen LogP contribution >= 0.6 is 0 Å². The number of hydrogen-bond acceptors (Lipinski definition) is 6. The van der Waals surface area contributed by atoms with Gasteiger partial charge in [0.1, 0.15) is 13.2 Å². The zero-order chi connectivity index (χ0) is 41.5. The third kappa shape index (κ3) is 45.1. The topological polar surface area (TPSA) is 78.9 Å². The van der Waals surface area contributed by atoms with Gasteiger partial charge in [-0.15, -0.1) is 0 Å². The summed E-state index contributed by atoms with van der Waals surface area (Å²) in [5.41, 5.74) is 0. The fourth-order valence-electron chi connectivity index (χ4n) is 7.44. The Labute approximate surface area is 354 Å². The summed E-state index contributed by atoms with van der Waals surface area (Å²) in [5.74, 6) is -0.862. The van der Waals surface area contributed by atoms with Gasteiger partial charge in [0, 0.05) is 19.3 Å². The standard InChI is InChI=1S/C51H96O6/c1-4-7-10-13-16-19-22-25-28-31-34-37-40-43-49(52)55-46-48(57-51(54)45-42-39-36-33-30-27-24-21-18-15-12-9-6-3)47-56-50(53)44-41-38-35-32-29-26-23-20-17-14-11-8-5-2/h19,22,48H,4-18,20-21,23-47H2,1-3H3/b22-19-/t48-/m0/s1. The van der Waals surface area contributed by atoms with E-state index in [-0.39, 0.29) is 31.1 Å². The van der Waals surface area contributed by atoms with E-state index in [1.807, 2.05) is 0 Å². The fraction of sp³-hybridized carbons (Fsp3) is 0.902. The van der Waals surface area contributed by atoms with Gasteiger partial charge < -0.3 is 14.2 Å². The summed E-state index contributed by atoms with van der Waals surface area (Å²) >= 11 is 0. The maximum Gasteiger partial charge on any atom is 0.306 e. The first kappa shape index (κ1) is 55.2. The third-order valence-corrected chi connectivity index (χ3v) is 11.3. The molecule has 0 spiro atoms. The lowest BCUT2D eigenvalue weighted by molar-refractivity contribution is -0.167. The van der Waals surface area contributed by atoms with Crippen molar-refractivity contribution >= 4 is 17.9 Å². The average molecular weight is 805 g/mol. The molecule has 0 amide bonds. The summed E-state index contributed by atoms with van der Waals surface area (Å²) in [6.07, 6.45) is 50.4. The Kier molecular flexibility index (Phi) is 45.3. The van der Waals surface area contributed by atoms with E-state index in [1.165, 1.54) is 173 Å². The molecule has 336 valence electrons. The number of hydrogen-bond donors (Lipinski definition) is 0. The highest BCUT2D eigenvalue weighted by Crippen LogP contribution is 2.16. The van der Waals surface area contributed by atoms with Crippen LogP contribution in [0.15, 0.2) is 12.2 Å². The van der Waals surface area contributed by atoms with Crippen LogP contribution in [0.2, 0.25) is 0 Å². The first-order chi connectivity index (χ1) is 28.0. The molecule has 0 aromatic rings. The minimum Gasteiger partial charge on any atom is -0.462 e. The zero-order valence-electron chi connectivity index (χ0n) is 38.4. The van der Waals surface area contributed by atoms with Crippen molar-refractivity contribution in [2.24, 2.45) is 0 Å². The zero-order valence-corrected chi connectivity index (χ0v) is 38.4. The second-order valence-electron chi connectivity index (χ2n) is 17.1. The largest absolute Gasteiger partial charge is 0.462 e. The molecule has 0 radical (unpaired) electrons. The van der Waals surface area contributed by atoms with Crippen LogP contribution in [0.25, 0.3) is 0 Å². The Hall–Kier alpha value is -1.85. The maximum atomic E-state index is 12.8. The van der Waals surface area contributed by atoms with E-state index in [0.717, 1.165) is 64.2 Å². The second-order valence-corrected chi connectivity index (χ2v) is 17.1. The van der Waals surface area contributed by atoms with Crippen LogP contribution in [0.5, 0.6) is 0 Å². The highest BCUT2D eigenvalue weighted by atomic mass is 16.6. The molecule has 0 unspecified atom stereocenters. The summed E-state index contributed by atoms with van der Waals surface area (Å²) in [6.45, 7) is 6.64. The van der Waals surface area contributed by atoms with Gasteiger partial charge in [0.2, 0.25) is 0 Å². The minimum absolute atomic E-state index is 0.0674. The third-order valence-electron chi connectivity index (χ3n) is 11.3. The fourth-order valence-corrected chi connectivity index (χ4v) is 7.44. The van der Waals surface area contributed by atoms with Crippen molar-refractivity contribution in [3.8, 4) is 0 Å². The van der Waals surface area contributed by atoms with Crippen LogP contribution in [-0.4, -0.2) is 37.2 Å². The van der Waals surface area contributed by atoms with E-state index in [4.69, 9.17) is 14.2 Å². The van der Waals surface area contributed by atoms with Crippen molar-refractivity contribution in [2.75, 3.05) is 13.2 Å². The lowest BCUT2D eigenvalue weighted by Crippen LogP contribution is -2.30. The SMILES string of the molecule is CCCCCC/C=C\CCCCCCCC(=O)OC[C@@H](COC(=O)CCCCCCCCCCCCCCC)OC(=O)CCCCCCCCCCCCCCC. The summed E-state index contributed by atoms with van der Waals surface area (Å²) in [7, 11) is 0. The van der Waals surface area contributed by atoms with Gasteiger partial charge in [-0.05, 0) is 44.9 Å². The summed E-state index contributed by atoms with van der Waals surface area (Å²) in [5, 5.41) is 0. The average Bonchev–Trinajstić information content (AvgIpc) is 3.21. The van der Waals surface area contributed by atoms with Crippen molar-refractivity contribution in [1.29, 1.82) is 0 Å². The molecule has 0 rings (SSSR count). The van der Waals surface area contributed by atoms with Crippen LogP contribution in [0, 0.1) is 0 Å². The summed E-state index contributed by atoms with van der Waals surface area (Å²) in [4.78, 5) is 37.9. The molecule has 0 aliphatic heterocycles. The van der Waals surface area contributed by atoms with E-state index in [9.17, 15) is 14.4 Å².